The van der Waals surface area contributed by atoms with Gasteiger partial charge in [-0.05, 0) is 19.1 Å². The number of nitrogen functional groups attached to an aromatic ring is 1. The minimum Gasteiger partial charge on any atom is -0.437 e. The lowest BCUT2D eigenvalue weighted by molar-refractivity contribution is 0.441. The van der Waals surface area contributed by atoms with Crippen LogP contribution in [0.3, 0.4) is 0 Å². The van der Waals surface area contributed by atoms with E-state index in [1.54, 1.807) is 18.5 Å². The molecule has 19 heavy (non-hydrogen) atoms. The van der Waals surface area contributed by atoms with Crippen LogP contribution >= 0.6 is 0 Å². The SMILES string of the molecule is Cc1c(N)nc(C(C)(C)C)nc1Oc1cccnc1. The first-order valence-corrected chi connectivity index (χ1v) is 6.10. The highest BCUT2D eigenvalue weighted by atomic mass is 16.5. The first-order valence-electron chi connectivity index (χ1n) is 6.10. The maximum atomic E-state index is 5.93. The van der Waals surface area contributed by atoms with Crippen LogP contribution in [0.15, 0.2) is 24.5 Å². The lowest BCUT2D eigenvalue weighted by atomic mass is 9.95. The fourth-order valence-corrected chi connectivity index (χ4v) is 1.47. The molecule has 0 bridgehead atoms. The summed E-state index contributed by atoms with van der Waals surface area (Å²) in [4.78, 5) is 12.8. The summed E-state index contributed by atoms with van der Waals surface area (Å²) >= 11 is 0. The van der Waals surface area contributed by atoms with Gasteiger partial charge in [0.2, 0.25) is 5.88 Å². The number of nitrogens with zero attached hydrogens (tertiary/aromatic N) is 3. The van der Waals surface area contributed by atoms with Gasteiger partial charge in [0, 0.05) is 11.6 Å². The highest BCUT2D eigenvalue weighted by molar-refractivity contribution is 5.46. The Labute approximate surface area is 112 Å². The van der Waals surface area contributed by atoms with Gasteiger partial charge in [-0.1, -0.05) is 20.8 Å². The number of rotatable bonds is 2. The Morgan fingerprint density at radius 2 is 1.95 bits per heavy atom. The Bertz CT molecular complexity index is 576. The van der Waals surface area contributed by atoms with Crippen molar-refractivity contribution in [2.75, 3.05) is 5.73 Å². The summed E-state index contributed by atoms with van der Waals surface area (Å²) in [5.41, 5.74) is 6.47. The zero-order valence-corrected chi connectivity index (χ0v) is 11.6. The smallest absolute Gasteiger partial charge is 0.227 e. The van der Waals surface area contributed by atoms with E-state index in [9.17, 15) is 0 Å². The van der Waals surface area contributed by atoms with Gasteiger partial charge in [-0.2, -0.15) is 4.98 Å². The molecular weight excluding hydrogens is 240 g/mol. The van der Waals surface area contributed by atoms with Crippen LogP contribution in [0.25, 0.3) is 0 Å². The van der Waals surface area contributed by atoms with Crippen molar-refractivity contribution in [3.63, 3.8) is 0 Å². The summed E-state index contributed by atoms with van der Waals surface area (Å²) in [5, 5.41) is 0. The summed E-state index contributed by atoms with van der Waals surface area (Å²) in [7, 11) is 0. The number of anilines is 1. The van der Waals surface area contributed by atoms with E-state index >= 15 is 0 Å². The predicted octanol–water partition coefficient (Wildman–Crippen LogP) is 2.85. The van der Waals surface area contributed by atoms with Crippen molar-refractivity contribution >= 4 is 5.82 Å². The molecule has 2 heterocycles. The quantitative estimate of drug-likeness (QED) is 0.896. The molecule has 0 saturated heterocycles. The second-order valence-electron chi connectivity index (χ2n) is 5.40. The molecule has 2 rings (SSSR count). The standard InChI is InChI=1S/C14H18N4O/c1-9-11(15)17-13(14(2,3)4)18-12(9)19-10-6-5-7-16-8-10/h5-8H,1-4H3,(H2,15,17,18). The van der Waals surface area contributed by atoms with E-state index in [1.165, 1.54) is 0 Å². The molecule has 0 aromatic carbocycles. The van der Waals surface area contributed by atoms with Crippen molar-refractivity contribution in [3.05, 3.63) is 35.9 Å². The van der Waals surface area contributed by atoms with E-state index in [4.69, 9.17) is 10.5 Å². The van der Waals surface area contributed by atoms with Crippen LogP contribution < -0.4 is 10.5 Å². The highest BCUT2D eigenvalue weighted by Gasteiger charge is 2.21. The highest BCUT2D eigenvalue weighted by Crippen LogP contribution is 2.28. The zero-order valence-electron chi connectivity index (χ0n) is 11.6. The van der Waals surface area contributed by atoms with Gasteiger partial charge < -0.3 is 10.5 Å². The summed E-state index contributed by atoms with van der Waals surface area (Å²) in [6.07, 6.45) is 3.32. The molecule has 0 unspecified atom stereocenters. The van der Waals surface area contributed by atoms with Crippen LogP contribution in [0.2, 0.25) is 0 Å². The molecule has 0 radical (unpaired) electrons. The van der Waals surface area contributed by atoms with Crippen LogP contribution in [0.5, 0.6) is 11.6 Å². The Balaban J connectivity index is 2.42. The molecule has 0 spiro atoms. The molecule has 5 heteroatoms. The fraction of sp³-hybridized carbons (Fsp3) is 0.357. The molecule has 2 aromatic heterocycles. The number of aromatic nitrogens is 3. The molecule has 0 saturated carbocycles. The second kappa shape index (κ2) is 4.84. The lowest BCUT2D eigenvalue weighted by Crippen LogP contribution is -2.18. The van der Waals surface area contributed by atoms with Crippen molar-refractivity contribution in [2.24, 2.45) is 0 Å². The van der Waals surface area contributed by atoms with E-state index in [2.05, 4.69) is 15.0 Å². The van der Waals surface area contributed by atoms with Crippen LogP contribution in [0, 0.1) is 6.92 Å². The number of hydrogen-bond donors (Lipinski definition) is 1. The molecule has 0 aliphatic rings. The number of nitrogens with two attached hydrogens (primary N) is 1. The van der Waals surface area contributed by atoms with Crippen molar-refractivity contribution in [1.82, 2.24) is 15.0 Å². The minimum atomic E-state index is -0.186. The Morgan fingerprint density at radius 3 is 2.53 bits per heavy atom. The zero-order chi connectivity index (χ0) is 14.0. The molecule has 2 aromatic rings. The van der Waals surface area contributed by atoms with Crippen LogP contribution in [0.1, 0.15) is 32.2 Å². The predicted molar refractivity (Wildman–Crippen MR) is 74.2 cm³/mol. The number of pyridine rings is 1. The summed E-state index contributed by atoms with van der Waals surface area (Å²) in [5.74, 6) is 2.21. The first-order chi connectivity index (χ1) is 8.88. The van der Waals surface area contributed by atoms with E-state index in [0.29, 0.717) is 23.3 Å². The summed E-state index contributed by atoms with van der Waals surface area (Å²) < 4.78 is 5.73. The molecule has 0 aliphatic carbocycles. The van der Waals surface area contributed by atoms with Crippen molar-refractivity contribution in [2.45, 2.75) is 33.1 Å². The molecule has 5 nitrogen and oxygen atoms in total. The third kappa shape index (κ3) is 2.99. The van der Waals surface area contributed by atoms with Gasteiger partial charge in [0.05, 0.1) is 11.8 Å². The van der Waals surface area contributed by atoms with Crippen molar-refractivity contribution in [3.8, 4) is 11.6 Å². The molecule has 0 aliphatic heterocycles. The molecule has 0 atom stereocenters. The van der Waals surface area contributed by atoms with Gasteiger partial charge >= 0.3 is 0 Å². The number of hydrogen-bond acceptors (Lipinski definition) is 5. The van der Waals surface area contributed by atoms with Gasteiger partial charge in [0.1, 0.15) is 17.4 Å². The second-order valence-corrected chi connectivity index (χ2v) is 5.40. The van der Waals surface area contributed by atoms with Gasteiger partial charge in [-0.3, -0.25) is 4.98 Å². The Morgan fingerprint density at radius 1 is 1.21 bits per heavy atom. The van der Waals surface area contributed by atoms with Gasteiger partial charge in [-0.15, -0.1) is 0 Å². The lowest BCUT2D eigenvalue weighted by Gasteiger charge is -2.19. The van der Waals surface area contributed by atoms with Crippen molar-refractivity contribution in [1.29, 1.82) is 0 Å². The monoisotopic (exact) mass is 258 g/mol. The molecule has 2 N–H and O–H groups in total. The third-order valence-corrected chi connectivity index (χ3v) is 2.66. The third-order valence-electron chi connectivity index (χ3n) is 2.66. The average Bonchev–Trinajstić information content (AvgIpc) is 2.34. The maximum absolute atomic E-state index is 5.93. The molecular formula is C14H18N4O. The normalized spacial score (nSPS) is 11.4. The van der Waals surface area contributed by atoms with Gasteiger partial charge in [0.25, 0.3) is 0 Å². The Kier molecular flexibility index (Phi) is 3.38. The van der Waals surface area contributed by atoms with Crippen molar-refractivity contribution < 1.29 is 4.74 Å². The van der Waals surface area contributed by atoms with Gasteiger partial charge in [0.15, 0.2) is 0 Å². The Hall–Kier alpha value is -2.17. The summed E-state index contributed by atoms with van der Waals surface area (Å²) in [6, 6.07) is 3.63. The minimum absolute atomic E-state index is 0.186. The van der Waals surface area contributed by atoms with Crippen LogP contribution in [-0.4, -0.2) is 15.0 Å². The summed E-state index contributed by atoms with van der Waals surface area (Å²) in [6.45, 7) is 7.94. The first kappa shape index (κ1) is 13.3. The van der Waals surface area contributed by atoms with E-state index < -0.39 is 0 Å². The molecule has 0 amide bonds. The van der Waals surface area contributed by atoms with Gasteiger partial charge in [-0.25, -0.2) is 4.98 Å². The molecule has 0 fully saturated rings. The topological polar surface area (TPSA) is 73.9 Å². The largest absolute Gasteiger partial charge is 0.437 e. The van der Waals surface area contributed by atoms with Crippen LogP contribution in [0.4, 0.5) is 5.82 Å². The van der Waals surface area contributed by atoms with E-state index in [-0.39, 0.29) is 5.41 Å². The number of ether oxygens (including phenoxy) is 1. The maximum Gasteiger partial charge on any atom is 0.227 e. The average molecular weight is 258 g/mol. The fourth-order valence-electron chi connectivity index (χ4n) is 1.47. The molecule has 100 valence electrons. The van der Waals surface area contributed by atoms with Crippen LogP contribution in [-0.2, 0) is 5.41 Å². The van der Waals surface area contributed by atoms with E-state index in [0.717, 1.165) is 5.56 Å². The van der Waals surface area contributed by atoms with E-state index in [1.807, 2.05) is 33.8 Å².